The lowest BCUT2D eigenvalue weighted by Gasteiger charge is -2.03. The van der Waals surface area contributed by atoms with Crippen LogP contribution >= 0.6 is 11.3 Å². The molecule has 3 rings (SSSR count). The fraction of sp³-hybridized carbons (Fsp3) is 0.118. The molecule has 0 atom stereocenters. The molecule has 0 aliphatic carbocycles. The number of thiazole rings is 1. The van der Waals surface area contributed by atoms with E-state index in [1.54, 1.807) is 23.7 Å². The molecule has 0 aliphatic rings. The first-order valence-corrected chi connectivity index (χ1v) is 7.89. The van der Waals surface area contributed by atoms with Crippen molar-refractivity contribution in [1.82, 2.24) is 9.97 Å². The number of ether oxygens (including phenoxy) is 1. The molecule has 0 N–H and O–H groups in total. The van der Waals surface area contributed by atoms with Crippen LogP contribution in [0.2, 0.25) is 0 Å². The van der Waals surface area contributed by atoms with Gasteiger partial charge in [-0.15, -0.1) is 11.3 Å². The van der Waals surface area contributed by atoms with Gasteiger partial charge in [0.25, 0.3) is 0 Å². The minimum absolute atomic E-state index is 0.223. The summed E-state index contributed by atoms with van der Waals surface area (Å²) in [5.41, 5.74) is 1.91. The average Bonchev–Trinajstić information content (AvgIpc) is 3.07. The number of hydrogen-bond acceptors (Lipinski definition) is 5. The maximum atomic E-state index is 12.8. The summed E-state index contributed by atoms with van der Waals surface area (Å²) in [6.45, 7) is 0.223. The third-order valence-electron chi connectivity index (χ3n) is 3.13. The molecule has 116 valence electrons. The second kappa shape index (κ2) is 7.11. The van der Waals surface area contributed by atoms with E-state index in [1.807, 2.05) is 18.2 Å². The fourth-order valence-electron chi connectivity index (χ4n) is 1.96. The second-order valence-electron chi connectivity index (χ2n) is 4.77. The summed E-state index contributed by atoms with van der Waals surface area (Å²) in [5, 5.41) is 2.33. The molecule has 23 heavy (non-hydrogen) atoms. The number of esters is 1. The van der Waals surface area contributed by atoms with Crippen molar-refractivity contribution in [2.45, 2.75) is 6.42 Å². The van der Waals surface area contributed by atoms with Crippen molar-refractivity contribution in [2.24, 2.45) is 0 Å². The molecule has 6 heteroatoms. The fourth-order valence-corrected chi connectivity index (χ4v) is 2.73. The van der Waals surface area contributed by atoms with Gasteiger partial charge in [-0.3, -0.25) is 4.98 Å². The van der Waals surface area contributed by atoms with Crippen LogP contribution < -0.4 is 0 Å². The standard InChI is InChI=1S/C17H13FN2O2S/c18-13-6-4-12(5-7-13)8-10-22-17(21)15-11-23-16(20-15)14-3-1-2-9-19-14/h1-7,9,11H,8,10H2. The van der Waals surface area contributed by atoms with Gasteiger partial charge < -0.3 is 4.74 Å². The normalized spacial score (nSPS) is 10.5. The van der Waals surface area contributed by atoms with E-state index in [9.17, 15) is 9.18 Å². The second-order valence-corrected chi connectivity index (χ2v) is 5.62. The predicted octanol–water partition coefficient (Wildman–Crippen LogP) is 3.74. The van der Waals surface area contributed by atoms with E-state index in [1.165, 1.54) is 23.5 Å². The van der Waals surface area contributed by atoms with Crippen molar-refractivity contribution in [3.05, 3.63) is 71.1 Å². The Morgan fingerprint density at radius 3 is 2.74 bits per heavy atom. The van der Waals surface area contributed by atoms with E-state index in [4.69, 9.17) is 4.74 Å². The molecule has 0 aliphatic heterocycles. The molecule has 0 saturated carbocycles. The summed E-state index contributed by atoms with van der Waals surface area (Å²) >= 11 is 1.35. The number of carbonyl (C=O) groups excluding carboxylic acids is 1. The number of benzene rings is 1. The lowest BCUT2D eigenvalue weighted by atomic mass is 10.2. The molecule has 0 bridgehead atoms. The number of pyridine rings is 1. The lowest BCUT2D eigenvalue weighted by molar-refractivity contribution is 0.0503. The summed E-state index contributed by atoms with van der Waals surface area (Å²) in [5.74, 6) is -0.749. The number of rotatable bonds is 5. The van der Waals surface area contributed by atoms with Crippen molar-refractivity contribution in [1.29, 1.82) is 0 Å². The van der Waals surface area contributed by atoms with Gasteiger partial charge in [-0.05, 0) is 29.8 Å². The van der Waals surface area contributed by atoms with Gasteiger partial charge in [0.2, 0.25) is 0 Å². The number of carbonyl (C=O) groups is 1. The van der Waals surface area contributed by atoms with Gasteiger partial charge in [-0.25, -0.2) is 14.2 Å². The molecule has 0 saturated heterocycles. The third kappa shape index (κ3) is 3.98. The van der Waals surface area contributed by atoms with Crippen LogP contribution in [0.1, 0.15) is 16.1 Å². The molecule has 2 aromatic heterocycles. The van der Waals surface area contributed by atoms with Gasteiger partial charge in [0.15, 0.2) is 5.69 Å². The predicted molar refractivity (Wildman–Crippen MR) is 85.7 cm³/mol. The number of halogens is 1. The largest absolute Gasteiger partial charge is 0.461 e. The highest BCUT2D eigenvalue weighted by Gasteiger charge is 2.13. The highest BCUT2D eigenvalue weighted by Crippen LogP contribution is 2.21. The van der Waals surface area contributed by atoms with E-state index in [2.05, 4.69) is 9.97 Å². The molecular weight excluding hydrogens is 315 g/mol. The molecule has 0 radical (unpaired) electrons. The summed E-state index contributed by atoms with van der Waals surface area (Å²) in [7, 11) is 0. The van der Waals surface area contributed by atoms with Crippen LogP contribution in [0.15, 0.2) is 54.0 Å². The molecule has 0 amide bonds. The number of aromatic nitrogens is 2. The SMILES string of the molecule is O=C(OCCc1ccc(F)cc1)c1csc(-c2ccccn2)n1. The molecule has 0 fully saturated rings. The van der Waals surface area contributed by atoms with Gasteiger partial charge >= 0.3 is 5.97 Å². The molecular formula is C17H13FN2O2S. The molecule has 2 heterocycles. The summed E-state index contributed by atoms with van der Waals surface area (Å²) in [6, 6.07) is 11.6. The Kier molecular flexibility index (Phi) is 4.73. The maximum absolute atomic E-state index is 12.8. The Bertz CT molecular complexity index is 788. The highest BCUT2D eigenvalue weighted by molar-refractivity contribution is 7.13. The highest BCUT2D eigenvalue weighted by atomic mass is 32.1. The Hall–Kier alpha value is -2.60. The third-order valence-corrected chi connectivity index (χ3v) is 4.00. The van der Waals surface area contributed by atoms with Crippen molar-refractivity contribution < 1.29 is 13.9 Å². The average molecular weight is 328 g/mol. The van der Waals surface area contributed by atoms with Gasteiger partial charge in [0.1, 0.15) is 10.8 Å². The summed E-state index contributed by atoms with van der Waals surface area (Å²) in [6.07, 6.45) is 2.21. The topological polar surface area (TPSA) is 52.1 Å². The molecule has 0 unspecified atom stereocenters. The van der Waals surface area contributed by atoms with E-state index in [-0.39, 0.29) is 18.1 Å². The smallest absolute Gasteiger partial charge is 0.357 e. The number of hydrogen-bond donors (Lipinski definition) is 0. The number of nitrogens with zero attached hydrogens (tertiary/aromatic N) is 2. The van der Waals surface area contributed by atoms with Crippen LogP contribution in [0.25, 0.3) is 10.7 Å². The summed E-state index contributed by atoms with van der Waals surface area (Å²) < 4.78 is 18.0. The lowest BCUT2D eigenvalue weighted by Crippen LogP contribution is -2.08. The first-order chi connectivity index (χ1) is 11.2. The minimum Gasteiger partial charge on any atom is -0.461 e. The quantitative estimate of drug-likeness (QED) is 0.670. The minimum atomic E-state index is -0.467. The van der Waals surface area contributed by atoms with Crippen molar-refractivity contribution in [3.8, 4) is 10.7 Å². The van der Waals surface area contributed by atoms with Gasteiger partial charge in [-0.1, -0.05) is 18.2 Å². The zero-order chi connectivity index (χ0) is 16.1. The zero-order valence-corrected chi connectivity index (χ0v) is 12.9. The van der Waals surface area contributed by atoms with Crippen molar-refractivity contribution in [3.63, 3.8) is 0 Å². The molecule has 4 nitrogen and oxygen atoms in total. The maximum Gasteiger partial charge on any atom is 0.357 e. The zero-order valence-electron chi connectivity index (χ0n) is 12.1. The van der Waals surface area contributed by atoms with E-state index < -0.39 is 5.97 Å². The van der Waals surface area contributed by atoms with Crippen LogP contribution in [0.3, 0.4) is 0 Å². The molecule has 3 aromatic rings. The van der Waals surface area contributed by atoms with E-state index in [0.717, 1.165) is 11.3 Å². The van der Waals surface area contributed by atoms with Crippen LogP contribution in [0, 0.1) is 5.82 Å². The Balaban J connectivity index is 1.56. The Morgan fingerprint density at radius 2 is 2.00 bits per heavy atom. The molecule has 1 aromatic carbocycles. The first kappa shape index (κ1) is 15.3. The monoisotopic (exact) mass is 328 g/mol. The van der Waals surface area contributed by atoms with E-state index in [0.29, 0.717) is 11.4 Å². The van der Waals surface area contributed by atoms with Crippen molar-refractivity contribution in [2.75, 3.05) is 6.61 Å². The van der Waals surface area contributed by atoms with Crippen LogP contribution in [0.4, 0.5) is 4.39 Å². The van der Waals surface area contributed by atoms with Crippen LogP contribution in [-0.2, 0) is 11.2 Å². The summed E-state index contributed by atoms with van der Waals surface area (Å²) in [4.78, 5) is 20.4. The van der Waals surface area contributed by atoms with Gasteiger partial charge in [0.05, 0.1) is 12.3 Å². The van der Waals surface area contributed by atoms with Crippen LogP contribution in [-0.4, -0.2) is 22.5 Å². The Morgan fingerprint density at radius 1 is 1.17 bits per heavy atom. The van der Waals surface area contributed by atoms with Gasteiger partial charge in [0, 0.05) is 18.0 Å². The van der Waals surface area contributed by atoms with Gasteiger partial charge in [-0.2, -0.15) is 0 Å². The van der Waals surface area contributed by atoms with E-state index >= 15 is 0 Å². The van der Waals surface area contributed by atoms with Crippen molar-refractivity contribution >= 4 is 17.3 Å². The Labute approximate surface area is 136 Å². The first-order valence-electron chi connectivity index (χ1n) is 7.01. The molecule has 0 spiro atoms. The van der Waals surface area contributed by atoms with Crippen LogP contribution in [0.5, 0.6) is 0 Å².